The first-order valence-corrected chi connectivity index (χ1v) is 13.2. The van der Waals surface area contributed by atoms with Crippen LogP contribution in [0.5, 0.6) is 11.5 Å². The van der Waals surface area contributed by atoms with Gasteiger partial charge in [0.05, 0.1) is 30.4 Å². The minimum atomic E-state index is -4.72. The molecule has 3 aromatic carbocycles. The van der Waals surface area contributed by atoms with Gasteiger partial charge >= 0.3 is 6.18 Å². The molecule has 1 N–H and O–H groups in total. The molecule has 0 saturated heterocycles. The number of alkyl halides is 3. The molecule has 0 radical (unpaired) electrons. The molecule has 0 bridgehead atoms. The van der Waals surface area contributed by atoms with Crippen LogP contribution < -0.4 is 19.1 Å². The quantitative estimate of drug-likeness (QED) is 0.351. The smallest absolute Gasteiger partial charge is 0.416 e. The maximum atomic E-state index is 13.8. The van der Waals surface area contributed by atoms with Gasteiger partial charge in [-0.25, -0.2) is 8.42 Å². The Morgan fingerprint density at radius 2 is 1.50 bits per heavy atom. The lowest BCUT2D eigenvalue weighted by molar-refractivity contribution is -0.137. The summed E-state index contributed by atoms with van der Waals surface area (Å²) in [4.78, 5) is 12.9. The molecule has 38 heavy (non-hydrogen) atoms. The van der Waals surface area contributed by atoms with E-state index in [0.29, 0.717) is 28.9 Å². The number of para-hydroxylation sites is 1. The van der Waals surface area contributed by atoms with Gasteiger partial charge in [0, 0.05) is 11.8 Å². The maximum absolute atomic E-state index is 13.8. The van der Waals surface area contributed by atoms with Crippen LogP contribution in [-0.2, 0) is 33.8 Å². The van der Waals surface area contributed by atoms with Crippen LogP contribution in [0, 0.1) is 0 Å². The number of ether oxygens (including phenoxy) is 2. The van der Waals surface area contributed by atoms with Crippen molar-refractivity contribution in [1.29, 1.82) is 0 Å². The summed E-state index contributed by atoms with van der Waals surface area (Å²) in [6.45, 7) is 3.07. The standard InChI is InChI=1S/C27H29F3N2O5S/c1-5-18-9-7-10-19(6-2)26(18)31-25(33)17-32(21-12-8-11-20(15-21)27(28,29)30)38(34,35)22-13-14-23(36-3)24(16-22)37-4/h7-16H,5-6,17H2,1-4H3,(H,31,33). The molecule has 7 nitrogen and oxygen atoms in total. The Kier molecular flexibility index (Phi) is 8.93. The lowest BCUT2D eigenvalue weighted by atomic mass is 10.0. The topological polar surface area (TPSA) is 84.9 Å². The Bertz CT molecular complexity index is 1390. The number of sulfonamides is 1. The molecule has 0 spiro atoms. The zero-order valence-electron chi connectivity index (χ0n) is 21.4. The van der Waals surface area contributed by atoms with Crippen molar-refractivity contribution in [1.82, 2.24) is 0 Å². The second-order valence-electron chi connectivity index (χ2n) is 8.28. The molecule has 0 fully saturated rings. The molecule has 0 heterocycles. The number of anilines is 2. The lowest BCUT2D eigenvalue weighted by Gasteiger charge is -2.26. The zero-order chi connectivity index (χ0) is 28.1. The summed E-state index contributed by atoms with van der Waals surface area (Å²) < 4.78 is 78.9. The molecule has 0 aliphatic carbocycles. The van der Waals surface area contributed by atoms with E-state index in [9.17, 15) is 26.4 Å². The molecule has 0 aliphatic heterocycles. The highest BCUT2D eigenvalue weighted by Gasteiger charge is 2.33. The Balaban J connectivity index is 2.10. The van der Waals surface area contributed by atoms with Gasteiger partial charge in [0.25, 0.3) is 10.0 Å². The van der Waals surface area contributed by atoms with E-state index in [2.05, 4.69) is 5.32 Å². The van der Waals surface area contributed by atoms with Gasteiger partial charge in [-0.3, -0.25) is 9.10 Å². The number of amides is 1. The van der Waals surface area contributed by atoms with Gasteiger partial charge in [-0.05, 0) is 54.3 Å². The van der Waals surface area contributed by atoms with E-state index in [0.717, 1.165) is 23.3 Å². The molecule has 0 unspecified atom stereocenters. The maximum Gasteiger partial charge on any atom is 0.416 e. The summed E-state index contributed by atoms with van der Waals surface area (Å²) in [5.41, 5.74) is 0.906. The fraction of sp³-hybridized carbons (Fsp3) is 0.296. The SMILES string of the molecule is CCc1cccc(CC)c1NC(=O)CN(c1cccc(C(F)(F)F)c1)S(=O)(=O)c1ccc(OC)c(OC)c1. The van der Waals surface area contributed by atoms with Crippen molar-refractivity contribution in [3.05, 3.63) is 77.4 Å². The molecule has 3 aromatic rings. The average molecular weight is 551 g/mol. The number of carbonyl (C=O) groups excluding carboxylic acids is 1. The molecule has 0 aromatic heterocycles. The van der Waals surface area contributed by atoms with Gasteiger partial charge in [0.15, 0.2) is 11.5 Å². The first kappa shape index (κ1) is 28.8. The van der Waals surface area contributed by atoms with E-state index in [-0.39, 0.29) is 22.1 Å². The van der Waals surface area contributed by atoms with E-state index in [1.165, 1.54) is 38.5 Å². The summed E-state index contributed by atoms with van der Waals surface area (Å²) in [6.07, 6.45) is -3.48. The number of aryl methyl sites for hydroxylation is 2. The Labute approximate surface area is 220 Å². The molecule has 204 valence electrons. The zero-order valence-corrected chi connectivity index (χ0v) is 22.2. The van der Waals surface area contributed by atoms with Crippen LogP contribution in [0.25, 0.3) is 0 Å². The van der Waals surface area contributed by atoms with Gasteiger partial charge in [0.2, 0.25) is 5.91 Å². The van der Waals surface area contributed by atoms with E-state index >= 15 is 0 Å². The van der Waals surface area contributed by atoms with Crippen molar-refractivity contribution < 1.29 is 35.9 Å². The van der Waals surface area contributed by atoms with E-state index < -0.39 is 34.2 Å². The van der Waals surface area contributed by atoms with E-state index in [1.807, 2.05) is 32.0 Å². The molecule has 0 aliphatic rings. The summed E-state index contributed by atoms with van der Waals surface area (Å²) in [7, 11) is -1.82. The number of benzene rings is 3. The Morgan fingerprint density at radius 3 is 2.05 bits per heavy atom. The van der Waals surface area contributed by atoms with Crippen LogP contribution in [0.2, 0.25) is 0 Å². The number of hydrogen-bond acceptors (Lipinski definition) is 5. The van der Waals surface area contributed by atoms with Crippen LogP contribution >= 0.6 is 0 Å². The third kappa shape index (κ3) is 6.21. The van der Waals surface area contributed by atoms with E-state index in [1.54, 1.807) is 0 Å². The van der Waals surface area contributed by atoms with E-state index in [4.69, 9.17) is 9.47 Å². The van der Waals surface area contributed by atoms with Gasteiger partial charge in [-0.1, -0.05) is 38.1 Å². The molecular formula is C27H29F3N2O5S. The third-order valence-electron chi connectivity index (χ3n) is 5.95. The number of carbonyl (C=O) groups is 1. The van der Waals surface area contributed by atoms with Crippen LogP contribution in [0.4, 0.5) is 24.5 Å². The van der Waals surface area contributed by atoms with Crippen LogP contribution in [0.1, 0.15) is 30.5 Å². The van der Waals surface area contributed by atoms with Crippen molar-refractivity contribution in [3.63, 3.8) is 0 Å². The lowest BCUT2D eigenvalue weighted by Crippen LogP contribution is -2.38. The summed E-state index contributed by atoms with van der Waals surface area (Å²) in [5, 5.41) is 2.78. The predicted molar refractivity (Wildman–Crippen MR) is 139 cm³/mol. The first-order valence-electron chi connectivity index (χ1n) is 11.8. The van der Waals surface area contributed by atoms with Crippen molar-refractivity contribution in [2.24, 2.45) is 0 Å². The monoisotopic (exact) mass is 550 g/mol. The van der Waals surface area contributed by atoms with Gasteiger partial charge in [0.1, 0.15) is 6.54 Å². The highest BCUT2D eigenvalue weighted by molar-refractivity contribution is 7.92. The fourth-order valence-electron chi connectivity index (χ4n) is 3.97. The minimum Gasteiger partial charge on any atom is -0.493 e. The molecule has 3 rings (SSSR count). The molecule has 1 amide bonds. The van der Waals surface area contributed by atoms with Crippen LogP contribution in [0.3, 0.4) is 0 Å². The largest absolute Gasteiger partial charge is 0.493 e. The molecule has 0 saturated carbocycles. The molecule has 11 heteroatoms. The highest BCUT2D eigenvalue weighted by atomic mass is 32.2. The summed E-state index contributed by atoms with van der Waals surface area (Å²) in [5.74, 6) is -0.341. The number of hydrogen-bond donors (Lipinski definition) is 1. The highest BCUT2D eigenvalue weighted by Crippen LogP contribution is 2.35. The van der Waals surface area contributed by atoms with Crippen molar-refractivity contribution >= 4 is 27.3 Å². The second-order valence-corrected chi connectivity index (χ2v) is 10.1. The predicted octanol–water partition coefficient (Wildman–Crippen LogP) is 5.68. The Hall–Kier alpha value is -3.73. The second kappa shape index (κ2) is 11.8. The fourth-order valence-corrected chi connectivity index (χ4v) is 5.40. The summed E-state index contributed by atoms with van der Waals surface area (Å²) >= 11 is 0. The summed E-state index contributed by atoms with van der Waals surface area (Å²) in [6, 6.07) is 13.2. The van der Waals surface area contributed by atoms with Crippen LogP contribution in [0.15, 0.2) is 65.6 Å². The van der Waals surface area contributed by atoms with Crippen molar-refractivity contribution in [2.45, 2.75) is 37.8 Å². The van der Waals surface area contributed by atoms with Crippen LogP contribution in [-0.4, -0.2) is 35.1 Å². The van der Waals surface area contributed by atoms with Gasteiger partial charge < -0.3 is 14.8 Å². The average Bonchev–Trinajstić information content (AvgIpc) is 2.90. The molecule has 0 atom stereocenters. The van der Waals surface area contributed by atoms with Crippen molar-refractivity contribution in [2.75, 3.05) is 30.4 Å². The molecular weight excluding hydrogens is 521 g/mol. The number of halogens is 3. The Morgan fingerprint density at radius 1 is 0.895 bits per heavy atom. The normalized spacial score (nSPS) is 11.7. The van der Waals surface area contributed by atoms with Crippen molar-refractivity contribution in [3.8, 4) is 11.5 Å². The number of methoxy groups -OCH3 is 2. The minimum absolute atomic E-state index is 0.103. The number of nitrogens with zero attached hydrogens (tertiary/aromatic N) is 1. The number of nitrogens with one attached hydrogen (secondary N) is 1. The first-order chi connectivity index (χ1) is 18.0. The van der Waals surface area contributed by atoms with Gasteiger partial charge in [-0.15, -0.1) is 0 Å². The number of rotatable bonds is 10. The van der Waals surface area contributed by atoms with Gasteiger partial charge in [-0.2, -0.15) is 13.2 Å². The third-order valence-corrected chi connectivity index (χ3v) is 7.72.